The van der Waals surface area contributed by atoms with E-state index in [0.717, 1.165) is 0 Å². The van der Waals surface area contributed by atoms with Gasteiger partial charge in [-0.3, -0.25) is 0 Å². The first kappa shape index (κ1) is 34.6. The van der Waals surface area contributed by atoms with Crippen molar-refractivity contribution in [3.8, 4) is 34.8 Å². The van der Waals surface area contributed by atoms with Gasteiger partial charge in [0.15, 0.2) is 4.30 Å². The molecule has 0 unspecified atom stereocenters. The Morgan fingerprint density at radius 3 is 0.625 bits per heavy atom. The predicted octanol–water partition coefficient (Wildman–Crippen LogP) is 6.40. The molecule has 0 saturated carbocycles. The van der Waals surface area contributed by atoms with Gasteiger partial charge in [-0.05, 0) is 54.8 Å². The molecule has 0 amide bonds. The van der Waals surface area contributed by atoms with Crippen LogP contribution in [0.2, 0.25) is 0 Å². The number of rotatable bonds is 6. The Morgan fingerprint density at radius 2 is 0.458 bits per heavy atom. The van der Waals surface area contributed by atoms with E-state index in [4.69, 9.17) is 34.8 Å². The Kier molecular flexibility index (Phi) is 12.6. The summed E-state index contributed by atoms with van der Waals surface area (Å²) < 4.78 is -0.750. The van der Waals surface area contributed by atoms with E-state index < -0.39 is 20.4 Å². The third kappa shape index (κ3) is 8.23. The maximum Gasteiger partial charge on any atom is 0.231 e. The lowest BCUT2D eigenvalue weighted by Crippen LogP contribution is -2.66. The number of alkyl halides is 3. The smallest absolute Gasteiger partial charge is 0.100 e. The molecule has 0 nitrogen and oxygen atoms in total. The Bertz CT molecular complexity index is 1710. The normalized spacial score (nSPS) is 10.5. The highest BCUT2D eigenvalue weighted by molar-refractivity contribution is 7.17. The quantitative estimate of drug-likeness (QED) is 0.0813. The van der Waals surface area contributed by atoms with Crippen LogP contribution in [0, 0.1) is 34.8 Å². The first-order chi connectivity index (χ1) is 23.6. The molecule has 0 aliphatic rings. The van der Waals surface area contributed by atoms with Gasteiger partial charge in [0.05, 0.1) is 0 Å². The van der Waals surface area contributed by atoms with Crippen molar-refractivity contribution in [3.63, 3.8) is 0 Å². The Morgan fingerprint density at radius 1 is 0.292 bits per heavy atom. The standard InChI is InChI=1S/C42H30Si2.CHCl3/c1(21-35-43(37-23-9-3-10-24-37,38-25-11-4-12-26-38)39-27-13-5-14-28-39)2-22-36-44(40-29-15-6-16-30-40,41-31-17-7-18-32-41)42-33-19-8-20-34-42;2-1(3)4/h3-20,23-34H;1H. The molecule has 0 heterocycles. The first-order valence-electron chi connectivity index (χ1n) is 15.4. The molecule has 48 heavy (non-hydrogen) atoms. The van der Waals surface area contributed by atoms with Crippen LogP contribution in [0.5, 0.6) is 0 Å². The van der Waals surface area contributed by atoms with E-state index in [9.17, 15) is 0 Å². The van der Waals surface area contributed by atoms with Crippen LogP contribution in [-0.2, 0) is 0 Å². The van der Waals surface area contributed by atoms with Gasteiger partial charge in [-0.1, -0.05) is 217 Å². The van der Waals surface area contributed by atoms with Gasteiger partial charge in [-0.25, -0.2) is 0 Å². The van der Waals surface area contributed by atoms with Gasteiger partial charge >= 0.3 is 0 Å². The maximum atomic E-state index is 4.81. The molecule has 0 fully saturated rings. The summed E-state index contributed by atoms with van der Waals surface area (Å²) in [5.41, 5.74) is 7.47. The van der Waals surface area contributed by atoms with E-state index in [2.05, 4.69) is 217 Å². The topological polar surface area (TPSA) is 0 Å². The molecule has 0 aliphatic heterocycles. The molecule has 6 aromatic rings. The van der Waals surface area contributed by atoms with Crippen LogP contribution in [0.15, 0.2) is 182 Å². The van der Waals surface area contributed by atoms with Crippen LogP contribution < -0.4 is 31.1 Å². The fraction of sp³-hybridized carbons (Fsp3) is 0.0233. The highest BCUT2D eigenvalue weighted by Crippen LogP contribution is 2.09. The molecular weight excluding hydrogens is 679 g/mol. The zero-order valence-electron chi connectivity index (χ0n) is 26.0. The number of benzene rings is 6. The average Bonchev–Trinajstić information content (AvgIpc) is 3.15. The van der Waals surface area contributed by atoms with Crippen LogP contribution in [0.3, 0.4) is 0 Å². The van der Waals surface area contributed by atoms with Crippen LogP contribution >= 0.6 is 34.8 Å². The van der Waals surface area contributed by atoms with Crippen molar-refractivity contribution in [2.45, 2.75) is 4.30 Å². The second-order valence-corrected chi connectivity index (χ2v) is 19.6. The summed E-state index contributed by atoms with van der Waals surface area (Å²) in [4.78, 5) is 0. The number of hydrogen-bond acceptors (Lipinski definition) is 0. The molecule has 0 spiro atoms. The van der Waals surface area contributed by atoms with Crippen molar-refractivity contribution in [1.29, 1.82) is 0 Å². The van der Waals surface area contributed by atoms with Gasteiger partial charge in [0.1, 0.15) is 0 Å². The summed E-state index contributed by atoms with van der Waals surface area (Å²) in [6.07, 6.45) is 0. The lowest BCUT2D eigenvalue weighted by atomic mass is 10.3. The molecule has 0 atom stereocenters. The average molecular weight is 710 g/mol. The fourth-order valence-electron chi connectivity index (χ4n) is 5.87. The van der Waals surface area contributed by atoms with Crippen molar-refractivity contribution in [2.75, 3.05) is 0 Å². The minimum Gasteiger partial charge on any atom is -0.100 e. The summed E-state index contributed by atoms with van der Waals surface area (Å²) in [7, 11) is -5.36. The molecule has 232 valence electrons. The number of halogens is 3. The van der Waals surface area contributed by atoms with E-state index in [1.54, 1.807) is 0 Å². The molecule has 0 saturated heterocycles. The monoisotopic (exact) mass is 708 g/mol. The highest BCUT2D eigenvalue weighted by Gasteiger charge is 2.39. The first-order valence-corrected chi connectivity index (χ1v) is 20.7. The van der Waals surface area contributed by atoms with Gasteiger partial charge in [-0.15, -0.1) is 11.1 Å². The van der Waals surface area contributed by atoms with Crippen LogP contribution in [0.4, 0.5) is 0 Å². The molecule has 6 rings (SSSR count). The zero-order valence-corrected chi connectivity index (χ0v) is 30.3. The van der Waals surface area contributed by atoms with E-state index in [1.807, 2.05) is 0 Å². The van der Waals surface area contributed by atoms with Crippen LogP contribution in [0.25, 0.3) is 0 Å². The third-order valence-corrected chi connectivity index (χ3v) is 16.1. The maximum absolute atomic E-state index is 4.81. The SMILES string of the molecule is C(#CC#C[Si](c1ccccc1)(c1ccccc1)c1ccccc1)C#C[Si](c1ccccc1)(c1ccccc1)c1ccccc1.ClC(Cl)Cl. The summed E-state index contributed by atoms with van der Waals surface area (Å²) in [6, 6.07) is 64.0. The predicted molar refractivity (Wildman–Crippen MR) is 213 cm³/mol. The van der Waals surface area contributed by atoms with Gasteiger partial charge in [0.25, 0.3) is 0 Å². The summed E-state index contributed by atoms with van der Waals surface area (Å²) >= 11 is 14.4. The van der Waals surface area contributed by atoms with Gasteiger partial charge in [0.2, 0.25) is 16.1 Å². The van der Waals surface area contributed by atoms with Crippen molar-refractivity contribution in [1.82, 2.24) is 0 Å². The van der Waals surface area contributed by atoms with Crippen LogP contribution in [-0.4, -0.2) is 20.4 Å². The Balaban J connectivity index is 0.00000107. The Hall–Kier alpha value is -4.70. The van der Waals surface area contributed by atoms with E-state index in [0.29, 0.717) is 0 Å². The van der Waals surface area contributed by atoms with Crippen molar-refractivity contribution < 1.29 is 0 Å². The second kappa shape index (κ2) is 17.5. The second-order valence-electron chi connectivity index (χ2n) is 10.7. The summed E-state index contributed by atoms with van der Waals surface area (Å²) in [5, 5.41) is 7.42. The lowest BCUT2D eigenvalue weighted by molar-refractivity contribution is 1.69. The van der Waals surface area contributed by atoms with Gasteiger partial charge in [-0.2, -0.15) is 0 Å². The minimum atomic E-state index is -2.68. The third-order valence-electron chi connectivity index (χ3n) is 7.93. The Labute approximate surface area is 301 Å². The molecule has 0 aromatic heterocycles. The van der Waals surface area contributed by atoms with Gasteiger partial charge < -0.3 is 0 Å². The molecular formula is C43H31Cl3Si2. The summed E-state index contributed by atoms with van der Waals surface area (Å²) in [6.45, 7) is 0. The molecule has 0 aliphatic carbocycles. The highest BCUT2D eigenvalue weighted by atomic mass is 35.6. The molecule has 5 heteroatoms. The number of hydrogen-bond donors (Lipinski definition) is 0. The molecule has 0 bridgehead atoms. The molecule has 6 aromatic carbocycles. The van der Waals surface area contributed by atoms with Crippen molar-refractivity contribution in [3.05, 3.63) is 182 Å². The largest absolute Gasteiger partial charge is 0.231 e. The van der Waals surface area contributed by atoms with Crippen molar-refractivity contribution >= 4 is 82.1 Å². The van der Waals surface area contributed by atoms with Crippen LogP contribution in [0.1, 0.15) is 0 Å². The van der Waals surface area contributed by atoms with E-state index in [-0.39, 0.29) is 0 Å². The lowest BCUT2D eigenvalue weighted by Gasteiger charge is -2.28. The minimum absolute atomic E-state index is 0.750. The zero-order chi connectivity index (χ0) is 33.5. The van der Waals surface area contributed by atoms with Gasteiger partial charge in [0, 0.05) is 0 Å². The van der Waals surface area contributed by atoms with E-state index >= 15 is 0 Å². The molecule has 0 radical (unpaired) electrons. The van der Waals surface area contributed by atoms with Crippen molar-refractivity contribution in [2.24, 2.45) is 0 Å². The fourth-order valence-corrected chi connectivity index (χ4v) is 13.4. The van der Waals surface area contributed by atoms with E-state index in [1.165, 1.54) is 31.1 Å². The summed E-state index contributed by atoms with van der Waals surface area (Å²) in [5.74, 6) is 12.9. The molecule has 0 N–H and O–H groups in total.